The Morgan fingerprint density at radius 1 is 1.43 bits per heavy atom. The van der Waals surface area contributed by atoms with Crippen LogP contribution in [0.15, 0.2) is 24.3 Å². The SMILES string of the molecule is CCCOc1cc(NC(C)c2ccc(Cl)s2)c(N)cc1F. The van der Waals surface area contributed by atoms with Gasteiger partial charge in [-0.2, -0.15) is 0 Å². The van der Waals surface area contributed by atoms with Crippen LogP contribution in [0.5, 0.6) is 5.75 Å². The zero-order chi connectivity index (χ0) is 15.4. The first-order valence-corrected chi connectivity index (χ1v) is 7.94. The summed E-state index contributed by atoms with van der Waals surface area (Å²) in [6, 6.07) is 6.71. The molecule has 1 heterocycles. The number of ether oxygens (including phenoxy) is 1. The Balaban J connectivity index is 2.18. The lowest BCUT2D eigenvalue weighted by atomic mass is 10.2. The van der Waals surface area contributed by atoms with Crippen LogP contribution in [0.3, 0.4) is 0 Å². The van der Waals surface area contributed by atoms with Gasteiger partial charge in [-0.1, -0.05) is 18.5 Å². The smallest absolute Gasteiger partial charge is 0.167 e. The predicted molar refractivity (Wildman–Crippen MR) is 88.0 cm³/mol. The van der Waals surface area contributed by atoms with Crippen LogP contribution in [-0.2, 0) is 0 Å². The normalized spacial score (nSPS) is 12.2. The van der Waals surface area contributed by atoms with Crippen molar-refractivity contribution in [2.75, 3.05) is 17.7 Å². The number of hydrogen-bond acceptors (Lipinski definition) is 4. The lowest BCUT2D eigenvalue weighted by Crippen LogP contribution is -2.08. The van der Waals surface area contributed by atoms with Crippen molar-refractivity contribution in [1.82, 2.24) is 0 Å². The largest absolute Gasteiger partial charge is 0.490 e. The molecule has 2 rings (SSSR count). The van der Waals surface area contributed by atoms with Gasteiger partial charge in [0.1, 0.15) is 0 Å². The number of rotatable bonds is 6. The summed E-state index contributed by atoms with van der Waals surface area (Å²) >= 11 is 7.44. The summed E-state index contributed by atoms with van der Waals surface area (Å²) in [4.78, 5) is 1.08. The molecule has 0 radical (unpaired) electrons. The summed E-state index contributed by atoms with van der Waals surface area (Å²) in [7, 11) is 0. The van der Waals surface area contributed by atoms with Crippen molar-refractivity contribution >= 4 is 34.3 Å². The minimum atomic E-state index is -0.446. The quantitative estimate of drug-likeness (QED) is 0.726. The van der Waals surface area contributed by atoms with Crippen molar-refractivity contribution in [2.45, 2.75) is 26.3 Å². The number of benzene rings is 1. The van der Waals surface area contributed by atoms with Crippen LogP contribution in [-0.4, -0.2) is 6.61 Å². The van der Waals surface area contributed by atoms with Gasteiger partial charge in [0.25, 0.3) is 0 Å². The summed E-state index contributed by atoms with van der Waals surface area (Å²) in [5.74, 6) is -0.233. The first-order valence-electron chi connectivity index (χ1n) is 6.74. The molecule has 0 spiro atoms. The van der Waals surface area contributed by atoms with E-state index in [9.17, 15) is 4.39 Å². The molecule has 1 unspecified atom stereocenters. The van der Waals surface area contributed by atoms with E-state index in [4.69, 9.17) is 22.1 Å². The van der Waals surface area contributed by atoms with Crippen LogP contribution in [0.1, 0.15) is 31.2 Å². The van der Waals surface area contributed by atoms with Gasteiger partial charge in [0.05, 0.1) is 28.4 Å². The molecule has 1 aromatic carbocycles. The summed E-state index contributed by atoms with van der Waals surface area (Å²) < 4.78 is 19.9. The maximum absolute atomic E-state index is 13.8. The van der Waals surface area contributed by atoms with Gasteiger partial charge in [0.2, 0.25) is 0 Å². The standard InChI is InChI=1S/C15H18ClFN2OS/c1-3-6-20-13-8-12(11(18)7-10(13)17)19-9(2)14-4-5-15(16)21-14/h4-5,7-9,19H,3,6,18H2,1-2H3. The number of thiophene rings is 1. The van der Waals surface area contributed by atoms with E-state index in [0.29, 0.717) is 18.0 Å². The van der Waals surface area contributed by atoms with E-state index in [2.05, 4.69) is 5.32 Å². The minimum absolute atomic E-state index is 0.0225. The third kappa shape index (κ3) is 4.02. The number of hydrogen-bond donors (Lipinski definition) is 2. The average molecular weight is 329 g/mol. The molecule has 3 nitrogen and oxygen atoms in total. The van der Waals surface area contributed by atoms with Gasteiger partial charge in [-0.15, -0.1) is 11.3 Å². The van der Waals surface area contributed by atoms with Gasteiger partial charge < -0.3 is 15.8 Å². The van der Waals surface area contributed by atoms with Crippen LogP contribution in [0, 0.1) is 5.82 Å². The molecule has 0 bridgehead atoms. The highest BCUT2D eigenvalue weighted by Gasteiger charge is 2.13. The van der Waals surface area contributed by atoms with Crippen molar-refractivity contribution in [3.8, 4) is 5.75 Å². The molecule has 0 saturated heterocycles. The molecule has 1 aromatic heterocycles. The van der Waals surface area contributed by atoms with E-state index >= 15 is 0 Å². The Bertz CT molecular complexity index is 618. The van der Waals surface area contributed by atoms with Crippen LogP contribution in [0.25, 0.3) is 0 Å². The number of halogens is 2. The van der Waals surface area contributed by atoms with Crippen LogP contribution >= 0.6 is 22.9 Å². The predicted octanol–water partition coefficient (Wildman–Crippen LogP) is 5.08. The summed E-state index contributed by atoms with van der Waals surface area (Å²) in [6.07, 6.45) is 0.816. The Kier molecular flexibility index (Phi) is 5.31. The monoisotopic (exact) mass is 328 g/mol. The highest BCUT2D eigenvalue weighted by atomic mass is 35.5. The molecule has 0 amide bonds. The fourth-order valence-corrected chi connectivity index (χ4v) is 2.95. The Hall–Kier alpha value is -1.46. The lowest BCUT2D eigenvalue weighted by molar-refractivity contribution is 0.301. The maximum Gasteiger partial charge on any atom is 0.167 e. The fourth-order valence-electron chi connectivity index (χ4n) is 1.88. The highest BCUT2D eigenvalue weighted by molar-refractivity contribution is 7.16. The van der Waals surface area contributed by atoms with E-state index in [0.717, 1.165) is 15.6 Å². The van der Waals surface area contributed by atoms with Crippen molar-refractivity contribution in [1.29, 1.82) is 0 Å². The molecule has 6 heteroatoms. The van der Waals surface area contributed by atoms with Gasteiger partial charge in [-0.3, -0.25) is 0 Å². The van der Waals surface area contributed by atoms with Crippen LogP contribution < -0.4 is 15.8 Å². The molecular formula is C15H18ClFN2OS. The van der Waals surface area contributed by atoms with E-state index in [1.54, 1.807) is 6.07 Å². The van der Waals surface area contributed by atoms with E-state index in [-0.39, 0.29) is 11.8 Å². The Morgan fingerprint density at radius 3 is 2.81 bits per heavy atom. The third-order valence-corrected chi connectivity index (χ3v) is 4.37. The number of nitrogen functional groups attached to an aromatic ring is 1. The highest BCUT2D eigenvalue weighted by Crippen LogP contribution is 2.33. The van der Waals surface area contributed by atoms with Gasteiger partial charge >= 0.3 is 0 Å². The fraction of sp³-hybridized carbons (Fsp3) is 0.333. The second-order valence-electron chi connectivity index (χ2n) is 4.73. The zero-order valence-electron chi connectivity index (χ0n) is 12.0. The van der Waals surface area contributed by atoms with Gasteiger partial charge in [-0.05, 0) is 25.5 Å². The number of nitrogens with one attached hydrogen (secondary N) is 1. The van der Waals surface area contributed by atoms with Gasteiger partial charge in [0.15, 0.2) is 11.6 Å². The molecule has 1 atom stereocenters. The molecule has 0 aliphatic carbocycles. The molecule has 2 aromatic rings. The zero-order valence-corrected chi connectivity index (χ0v) is 13.5. The van der Waals surface area contributed by atoms with E-state index in [1.165, 1.54) is 17.4 Å². The molecule has 114 valence electrons. The van der Waals surface area contributed by atoms with Crippen LogP contribution in [0.2, 0.25) is 4.34 Å². The second-order valence-corrected chi connectivity index (χ2v) is 6.47. The van der Waals surface area contributed by atoms with Crippen molar-refractivity contribution in [3.05, 3.63) is 39.3 Å². The maximum atomic E-state index is 13.8. The third-order valence-electron chi connectivity index (χ3n) is 2.96. The van der Waals surface area contributed by atoms with E-state index < -0.39 is 5.82 Å². The van der Waals surface area contributed by atoms with Crippen molar-refractivity contribution in [3.63, 3.8) is 0 Å². The summed E-state index contributed by atoms with van der Waals surface area (Å²) in [5, 5.41) is 3.26. The van der Waals surface area contributed by atoms with Crippen LogP contribution in [0.4, 0.5) is 15.8 Å². The lowest BCUT2D eigenvalue weighted by Gasteiger charge is -2.17. The first-order chi connectivity index (χ1) is 10.0. The molecule has 21 heavy (non-hydrogen) atoms. The number of anilines is 2. The molecule has 0 aliphatic heterocycles. The molecule has 0 aliphatic rings. The molecule has 3 N–H and O–H groups in total. The van der Waals surface area contributed by atoms with Crippen molar-refractivity contribution in [2.24, 2.45) is 0 Å². The molecule has 0 fully saturated rings. The second kappa shape index (κ2) is 7.00. The average Bonchev–Trinajstić information content (AvgIpc) is 2.87. The van der Waals surface area contributed by atoms with Crippen molar-refractivity contribution < 1.29 is 9.13 Å². The first kappa shape index (κ1) is 15.9. The van der Waals surface area contributed by atoms with Gasteiger partial charge in [0, 0.05) is 17.0 Å². The van der Waals surface area contributed by atoms with E-state index in [1.807, 2.05) is 26.0 Å². The summed E-state index contributed by atoms with van der Waals surface area (Å²) in [5.41, 5.74) is 6.87. The minimum Gasteiger partial charge on any atom is -0.490 e. The molecular weight excluding hydrogens is 311 g/mol. The molecule has 0 saturated carbocycles. The topological polar surface area (TPSA) is 47.3 Å². The Labute approximate surface area is 132 Å². The summed E-state index contributed by atoms with van der Waals surface area (Å²) in [6.45, 7) is 4.44. The Morgan fingerprint density at radius 2 is 2.19 bits per heavy atom. The van der Waals surface area contributed by atoms with Gasteiger partial charge in [-0.25, -0.2) is 4.39 Å². The number of nitrogens with two attached hydrogens (primary N) is 1.